The highest BCUT2D eigenvalue weighted by molar-refractivity contribution is 5.07. The highest BCUT2D eigenvalue weighted by Crippen LogP contribution is 2.28. The van der Waals surface area contributed by atoms with E-state index in [2.05, 4.69) is 30.9 Å². The smallest absolute Gasteiger partial charge is 0.153 e. The molecule has 0 bridgehead atoms. The van der Waals surface area contributed by atoms with Crippen molar-refractivity contribution >= 4 is 0 Å². The third-order valence-corrected chi connectivity index (χ3v) is 3.08. The van der Waals surface area contributed by atoms with E-state index in [0.29, 0.717) is 11.8 Å². The summed E-state index contributed by atoms with van der Waals surface area (Å²) in [6.07, 6.45) is 2.31. The Morgan fingerprint density at radius 2 is 2.13 bits per heavy atom. The van der Waals surface area contributed by atoms with Crippen molar-refractivity contribution in [3.8, 4) is 0 Å². The lowest BCUT2D eigenvalue weighted by molar-refractivity contribution is 0.382. The molecular formula is C11H20N4. The molecule has 1 aromatic heterocycles. The molecule has 0 saturated carbocycles. The van der Waals surface area contributed by atoms with Crippen molar-refractivity contribution in [1.29, 1.82) is 0 Å². The van der Waals surface area contributed by atoms with Crippen LogP contribution in [0.3, 0.4) is 0 Å². The molecule has 0 fully saturated rings. The van der Waals surface area contributed by atoms with Crippen LogP contribution in [-0.2, 0) is 6.54 Å². The highest BCUT2D eigenvalue weighted by Gasteiger charge is 2.27. The van der Waals surface area contributed by atoms with Gasteiger partial charge in [-0.05, 0) is 19.8 Å². The van der Waals surface area contributed by atoms with E-state index >= 15 is 0 Å². The molecule has 84 valence electrons. The van der Waals surface area contributed by atoms with Gasteiger partial charge in [-0.1, -0.05) is 13.8 Å². The van der Waals surface area contributed by atoms with Gasteiger partial charge < -0.3 is 5.73 Å². The summed E-state index contributed by atoms with van der Waals surface area (Å²) in [5, 5.41) is 4.53. The van der Waals surface area contributed by atoms with Gasteiger partial charge in [0.1, 0.15) is 5.82 Å². The summed E-state index contributed by atoms with van der Waals surface area (Å²) in [5.74, 6) is 2.84. The molecule has 0 aromatic carbocycles. The quantitative estimate of drug-likeness (QED) is 0.803. The maximum atomic E-state index is 5.99. The highest BCUT2D eigenvalue weighted by atomic mass is 15.4. The first-order valence-electron chi connectivity index (χ1n) is 5.79. The van der Waals surface area contributed by atoms with Crippen molar-refractivity contribution in [2.75, 3.05) is 0 Å². The Hall–Kier alpha value is -0.900. The van der Waals surface area contributed by atoms with Crippen molar-refractivity contribution in [1.82, 2.24) is 14.8 Å². The molecule has 0 saturated heterocycles. The molecule has 0 amide bonds. The number of rotatable bonds is 2. The second-order valence-electron chi connectivity index (χ2n) is 4.81. The summed E-state index contributed by atoms with van der Waals surface area (Å²) in [7, 11) is 0. The van der Waals surface area contributed by atoms with Crippen LogP contribution in [0.4, 0.5) is 0 Å². The van der Waals surface area contributed by atoms with E-state index in [1.807, 2.05) is 4.68 Å². The fraction of sp³-hybridized carbons (Fsp3) is 0.818. The topological polar surface area (TPSA) is 56.7 Å². The van der Waals surface area contributed by atoms with E-state index in [1.54, 1.807) is 0 Å². The summed E-state index contributed by atoms with van der Waals surface area (Å²) in [4.78, 5) is 4.62. The molecule has 1 aromatic rings. The summed E-state index contributed by atoms with van der Waals surface area (Å²) in [6.45, 7) is 7.31. The zero-order chi connectivity index (χ0) is 11.0. The Bertz CT molecular complexity index is 340. The fourth-order valence-electron chi connectivity index (χ4n) is 2.14. The number of nitrogens with two attached hydrogens (primary N) is 1. The maximum Gasteiger partial charge on any atom is 0.153 e. The largest absolute Gasteiger partial charge is 0.327 e. The lowest BCUT2D eigenvalue weighted by Gasteiger charge is -2.24. The molecule has 1 aliphatic rings. The second-order valence-corrected chi connectivity index (χ2v) is 4.81. The summed E-state index contributed by atoms with van der Waals surface area (Å²) < 4.78 is 2.05. The SMILES string of the molecule is CC(C)c1nc2n(n1)CCCC2C(C)N. The molecule has 2 N–H and O–H groups in total. The Kier molecular flexibility index (Phi) is 2.78. The molecule has 0 spiro atoms. The Balaban J connectivity index is 2.34. The zero-order valence-electron chi connectivity index (χ0n) is 9.77. The van der Waals surface area contributed by atoms with Crippen LogP contribution in [0.15, 0.2) is 0 Å². The van der Waals surface area contributed by atoms with Crippen molar-refractivity contribution in [2.24, 2.45) is 5.73 Å². The molecule has 15 heavy (non-hydrogen) atoms. The lowest BCUT2D eigenvalue weighted by atomic mass is 9.93. The van der Waals surface area contributed by atoms with Crippen molar-refractivity contribution in [3.05, 3.63) is 11.6 Å². The molecule has 1 aliphatic heterocycles. The minimum absolute atomic E-state index is 0.174. The third-order valence-electron chi connectivity index (χ3n) is 3.08. The minimum Gasteiger partial charge on any atom is -0.327 e. The second kappa shape index (κ2) is 3.93. The molecule has 2 atom stereocenters. The Morgan fingerprint density at radius 3 is 2.73 bits per heavy atom. The lowest BCUT2D eigenvalue weighted by Crippen LogP contribution is -2.30. The first-order valence-corrected chi connectivity index (χ1v) is 5.79. The van der Waals surface area contributed by atoms with Gasteiger partial charge in [0.15, 0.2) is 5.82 Å². The number of hydrogen-bond acceptors (Lipinski definition) is 3. The number of aromatic nitrogens is 3. The van der Waals surface area contributed by atoms with Crippen molar-refractivity contribution < 1.29 is 0 Å². The van der Waals surface area contributed by atoms with Gasteiger partial charge in [-0.3, -0.25) is 0 Å². The number of aryl methyl sites for hydroxylation is 1. The van der Waals surface area contributed by atoms with E-state index in [-0.39, 0.29) is 6.04 Å². The molecule has 4 heteroatoms. The number of fused-ring (bicyclic) bond motifs is 1. The van der Waals surface area contributed by atoms with Crippen LogP contribution in [0.1, 0.15) is 57.1 Å². The van der Waals surface area contributed by atoms with Gasteiger partial charge in [0, 0.05) is 24.4 Å². The molecule has 2 heterocycles. The number of hydrogen-bond donors (Lipinski definition) is 1. The van der Waals surface area contributed by atoms with Crippen LogP contribution in [0.5, 0.6) is 0 Å². The van der Waals surface area contributed by atoms with Crippen LogP contribution in [0, 0.1) is 0 Å². The van der Waals surface area contributed by atoms with Crippen LogP contribution in [0.25, 0.3) is 0 Å². The van der Waals surface area contributed by atoms with Gasteiger partial charge in [-0.2, -0.15) is 5.10 Å². The fourth-order valence-corrected chi connectivity index (χ4v) is 2.14. The standard InChI is InChI=1S/C11H20N4/c1-7(2)10-13-11-9(8(3)12)5-4-6-15(11)14-10/h7-9H,4-6,12H2,1-3H3. The normalized spacial score (nSPS) is 22.9. The minimum atomic E-state index is 0.174. The first kappa shape index (κ1) is 10.6. The van der Waals surface area contributed by atoms with Gasteiger partial charge in [-0.25, -0.2) is 9.67 Å². The van der Waals surface area contributed by atoms with Gasteiger partial charge >= 0.3 is 0 Å². The average Bonchev–Trinajstić information content (AvgIpc) is 2.60. The van der Waals surface area contributed by atoms with Gasteiger partial charge in [0.2, 0.25) is 0 Å². The summed E-state index contributed by atoms with van der Waals surface area (Å²) in [6, 6.07) is 0.174. The van der Waals surface area contributed by atoms with Crippen molar-refractivity contribution in [3.63, 3.8) is 0 Å². The first-order chi connectivity index (χ1) is 7.09. The predicted octanol–water partition coefficient (Wildman–Crippen LogP) is 1.63. The summed E-state index contributed by atoms with van der Waals surface area (Å²) in [5.41, 5.74) is 5.99. The number of nitrogens with zero attached hydrogens (tertiary/aromatic N) is 3. The average molecular weight is 208 g/mol. The molecule has 0 radical (unpaired) electrons. The van der Waals surface area contributed by atoms with E-state index in [1.165, 1.54) is 6.42 Å². The molecular weight excluding hydrogens is 188 g/mol. The monoisotopic (exact) mass is 208 g/mol. The molecule has 0 aliphatic carbocycles. The predicted molar refractivity (Wildman–Crippen MR) is 59.7 cm³/mol. The molecule has 4 nitrogen and oxygen atoms in total. The van der Waals surface area contributed by atoms with Gasteiger partial charge in [0.05, 0.1) is 0 Å². The van der Waals surface area contributed by atoms with E-state index in [4.69, 9.17) is 5.73 Å². The van der Waals surface area contributed by atoms with Crippen LogP contribution in [-0.4, -0.2) is 20.8 Å². The van der Waals surface area contributed by atoms with E-state index in [9.17, 15) is 0 Å². The molecule has 2 rings (SSSR count). The van der Waals surface area contributed by atoms with Crippen LogP contribution >= 0.6 is 0 Å². The van der Waals surface area contributed by atoms with E-state index in [0.717, 1.165) is 24.6 Å². The Labute approximate surface area is 90.9 Å². The third kappa shape index (κ3) is 1.91. The van der Waals surface area contributed by atoms with Gasteiger partial charge in [-0.15, -0.1) is 0 Å². The Morgan fingerprint density at radius 1 is 1.40 bits per heavy atom. The van der Waals surface area contributed by atoms with E-state index < -0.39 is 0 Å². The zero-order valence-corrected chi connectivity index (χ0v) is 9.77. The van der Waals surface area contributed by atoms with Crippen molar-refractivity contribution in [2.45, 2.75) is 58.0 Å². The van der Waals surface area contributed by atoms with Gasteiger partial charge in [0.25, 0.3) is 0 Å². The molecule has 2 unspecified atom stereocenters. The summed E-state index contributed by atoms with van der Waals surface area (Å²) >= 11 is 0. The van der Waals surface area contributed by atoms with Crippen LogP contribution < -0.4 is 5.73 Å². The maximum absolute atomic E-state index is 5.99. The van der Waals surface area contributed by atoms with Crippen LogP contribution in [0.2, 0.25) is 0 Å².